The Morgan fingerprint density at radius 3 is 2.54 bits per heavy atom. The number of ketones is 1. The number of nitrogens with zero attached hydrogens (tertiary/aromatic N) is 1. The van der Waals surface area contributed by atoms with Gasteiger partial charge in [0.2, 0.25) is 6.41 Å². The molecule has 0 spiro atoms. The quantitative estimate of drug-likeness (QED) is 0.235. The van der Waals surface area contributed by atoms with Gasteiger partial charge in [0.15, 0.2) is 5.78 Å². The molecule has 2 aromatic rings. The molecule has 39 heavy (non-hydrogen) atoms. The second kappa shape index (κ2) is 13.7. The number of nitrogens with one attached hydrogen (secondary N) is 3. The zero-order chi connectivity index (χ0) is 28.5. The summed E-state index contributed by atoms with van der Waals surface area (Å²) in [6.45, 7) is 3.27. The highest BCUT2D eigenvalue weighted by Gasteiger charge is 2.32. The largest absolute Gasteiger partial charge is 0.497 e. The number of amides is 1. The van der Waals surface area contributed by atoms with Crippen LogP contribution in [-0.2, 0) is 14.3 Å². The third kappa shape index (κ3) is 8.23. The molecule has 0 aromatic heterocycles. The minimum absolute atomic E-state index is 0.0462. The van der Waals surface area contributed by atoms with Crippen molar-refractivity contribution in [3.8, 4) is 5.75 Å². The molecule has 12 heteroatoms. The van der Waals surface area contributed by atoms with Gasteiger partial charge in [0.25, 0.3) is 5.91 Å². The molecule has 0 aliphatic carbocycles. The zero-order valence-electron chi connectivity index (χ0n) is 21.7. The molecule has 2 unspecified atom stereocenters. The number of hydrogen-bond acceptors (Lipinski definition) is 8. The summed E-state index contributed by atoms with van der Waals surface area (Å²) >= 11 is 0. The van der Waals surface area contributed by atoms with Crippen molar-refractivity contribution in [2.45, 2.75) is 38.8 Å². The molecule has 1 fully saturated rings. The Hall–Kier alpha value is -4.03. The first-order valence-electron chi connectivity index (χ1n) is 12.1. The van der Waals surface area contributed by atoms with Crippen LogP contribution in [0.1, 0.15) is 13.8 Å². The maximum Gasteiger partial charge on any atom is 0.315 e. The van der Waals surface area contributed by atoms with E-state index in [9.17, 15) is 27.9 Å². The van der Waals surface area contributed by atoms with E-state index in [0.29, 0.717) is 17.1 Å². The fourth-order valence-corrected chi connectivity index (χ4v) is 3.71. The fourth-order valence-electron chi connectivity index (χ4n) is 3.71. The minimum Gasteiger partial charge on any atom is -0.497 e. The van der Waals surface area contributed by atoms with Crippen molar-refractivity contribution in [3.05, 3.63) is 72.2 Å². The lowest BCUT2D eigenvalue weighted by Crippen LogP contribution is -2.37. The van der Waals surface area contributed by atoms with Gasteiger partial charge in [-0.3, -0.25) is 9.59 Å². The maximum atomic E-state index is 14.9. The Balaban J connectivity index is 1.57. The molecular weight excluding hydrogens is 517 g/mol. The van der Waals surface area contributed by atoms with Crippen molar-refractivity contribution in [2.75, 3.05) is 35.7 Å². The lowest BCUT2D eigenvalue weighted by atomic mass is 10.1. The number of methoxy groups -OCH3 is 1. The number of carbonyl (C=O) groups excluding carboxylic acids is 2. The molecule has 1 heterocycles. The standard InChI is InChI=1S/C27H31F3N4O5/c1-4-17(7-12-24(35)16(2)32-18-5-9-20(38-3)10-6-18)33-23-11-8-19(13-22(23)28)34-15-21(39-27(34)37)14-31-26(36)25(29)30/h4-13,16,21,25,27,32-33,37H,14-15H2,1-3H3,(H,31,36)/b12-7-,17-4+/t16?,21-,27?/m0/s1. The second-order valence-corrected chi connectivity index (χ2v) is 8.65. The van der Waals surface area contributed by atoms with Crippen molar-refractivity contribution in [2.24, 2.45) is 0 Å². The van der Waals surface area contributed by atoms with Crippen LogP contribution in [0.2, 0.25) is 0 Å². The van der Waals surface area contributed by atoms with Gasteiger partial charge >= 0.3 is 6.43 Å². The Kier molecular flexibility index (Phi) is 10.4. The van der Waals surface area contributed by atoms with Crippen LogP contribution in [0.25, 0.3) is 0 Å². The van der Waals surface area contributed by atoms with Gasteiger partial charge in [0.1, 0.15) is 11.6 Å². The van der Waals surface area contributed by atoms with Crippen LogP contribution in [-0.4, -0.2) is 62.0 Å². The molecule has 0 bridgehead atoms. The van der Waals surface area contributed by atoms with Crippen LogP contribution < -0.4 is 25.6 Å². The smallest absolute Gasteiger partial charge is 0.315 e. The van der Waals surface area contributed by atoms with E-state index >= 15 is 0 Å². The van der Waals surface area contributed by atoms with Gasteiger partial charge in [0.05, 0.1) is 31.5 Å². The van der Waals surface area contributed by atoms with Crippen molar-refractivity contribution < 1.29 is 37.3 Å². The highest BCUT2D eigenvalue weighted by Crippen LogP contribution is 2.28. The number of alkyl halides is 2. The van der Waals surface area contributed by atoms with E-state index in [-0.39, 0.29) is 24.6 Å². The number of aliphatic hydroxyl groups excluding tert-OH is 1. The normalized spacial score (nSPS) is 18.4. The average molecular weight is 549 g/mol. The molecule has 3 rings (SSSR count). The summed E-state index contributed by atoms with van der Waals surface area (Å²) in [7, 11) is 1.57. The highest BCUT2D eigenvalue weighted by molar-refractivity contribution is 5.96. The number of benzene rings is 2. The second-order valence-electron chi connectivity index (χ2n) is 8.65. The predicted molar refractivity (Wildman–Crippen MR) is 141 cm³/mol. The van der Waals surface area contributed by atoms with Crippen molar-refractivity contribution in [1.29, 1.82) is 0 Å². The first-order valence-corrected chi connectivity index (χ1v) is 12.1. The van der Waals surface area contributed by atoms with Gasteiger partial charge in [-0.1, -0.05) is 6.08 Å². The van der Waals surface area contributed by atoms with E-state index in [1.165, 1.54) is 29.2 Å². The molecule has 1 aliphatic heterocycles. The average Bonchev–Trinajstić information content (AvgIpc) is 3.30. The number of carbonyl (C=O) groups is 2. The van der Waals surface area contributed by atoms with Crippen LogP contribution in [0, 0.1) is 5.82 Å². The van der Waals surface area contributed by atoms with E-state index in [1.807, 2.05) is 5.32 Å². The van der Waals surface area contributed by atoms with Gasteiger partial charge in [-0.05, 0) is 68.5 Å². The van der Waals surface area contributed by atoms with Crippen LogP contribution in [0.15, 0.2) is 66.4 Å². The summed E-state index contributed by atoms with van der Waals surface area (Å²) in [6, 6.07) is 10.8. The number of allylic oxidation sites excluding steroid dienone is 2. The summed E-state index contributed by atoms with van der Waals surface area (Å²) in [5, 5.41) is 18.2. The summed E-state index contributed by atoms with van der Waals surface area (Å²) in [5.41, 5.74) is 1.66. The Morgan fingerprint density at radius 1 is 1.21 bits per heavy atom. The van der Waals surface area contributed by atoms with Crippen molar-refractivity contribution in [3.63, 3.8) is 0 Å². The SMILES string of the molecule is C/C=C(\C=C/C(=O)C(C)Nc1ccc(OC)cc1)Nc1ccc(N2C[C@H](CNC(=O)C(F)F)OC2O)cc1F. The minimum atomic E-state index is -3.16. The van der Waals surface area contributed by atoms with Gasteiger partial charge in [0, 0.05) is 23.6 Å². The number of hydrogen-bond donors (Lipinski definition) is 4. The molecule has 0 radical (unpaired) electrons. The molecule has 1 saturated heterocycles. The Bertz CT molecular complexity index is 1210. The Morgan fingerprint density at radius 2 is 1.92 bits per heavy atom. The molecule has 3 atom stereocenters. The van der Waals surface area contributed by atoms with Gasteiger partial charge < -0.3 is 35.4 Å². The summed E-state index contributed by atoms with van der Waals surface area (Å²) in [5.74, 6) is -1.56. The molecule has 4 N–H and O–H groups in total. The number of halogens is 3. The zero-order valence-corrected chi connectivity index (χ0v) is 21.7. The lowest BCUT2D eigenvalue weighted by Gasteiger charge is -2.21. The number of anilines is 3. The molecule has 9 nitrogen and oxygen atoms in total. The summed E-state index contributed by atoms with van der Waals surface area (Å²) in [4.78, 5) is 25.0. The van der Waals surface area contributed by atoms with E-state index in [1.54, 1.807) is 57.4 Å². The molecule has 210 valence electrons. The van der Waals surface area contributed by atoms with E-state index in [0.717, 1.165) is 5.69 Å². The summed E-state index contributed by atoms with van der Waals surface area (Å²) in [6.07, 6.45) is -0.753. The van der Waals surface area contributed by atoms with Crippen molar-refractivity contribution >= 4 is 28.8 Å². The third-order valence-electron chi connectivity index (χ3n) is 5.88. The summed E-state index contributed by atoms with van der Waals surface area (Å²) < 4.78 is 50.0. The van der Waals surface area contributed by atoms with Gasteiger partial charge in [-0.15, -0.1) is 0 Å². The molecule has 2 aromatic carbocycles. The maximum absolute atomic E-state index is 14.9. The topological polar surface area (TPSA) is 112 Å². The highest BCUT2D eigenvalue weighted by atomic mass is 19.3. The fraction of sp³-hybridized carbons (Fsp3) is 0.333. The van der Waals surface area contributed by atoms with Crippen molar-refractivity contribution in [1.82, 2.24) is 5.32 Å². The van der Waals surface area contributed by atoms with E-state index in [4.69, 9.17) is 9.47 Å². The van der Waals surface area contributed by atoms with Crippen LogP contribution in [0.5, 0.6) is 5.75 Å². The van der Waals surface area contributed by atoms with Gasteiger partial charge in [-0.25, -0.2) is 4.39 Å². The predicted octanol–water partition coefficient (Wildman–Crippen LogP) is 3.64. The molecule has 0 saturated carbocycles. The van der Waals surface area contributed by atoms with Crippen LogP contribution in [0.3, 0.4) is 0 Å². The molecule has 1 aliphatic rings. The monoisotopic (exact) mass is 548 g/mol. The lowest BCUT2D eigenvalue weighted by molar-refractivity contribution is -0.133. The molecular formula is C27H31F3N4O5. The van der Waals surface area contributed by atoms with Crippen LogP contribution in [0.4, 0.5) is 30.2 Å². The first-order chi connectivity index (χ1) is 18.6. The van der Waals surface area contributed by atoms with E-state index < -0.39 is 36.7 Å². The Labute approximate surface area is 224 Å². The van der Waals surface area contributed by atoms with Crippen LogP contribution >= 0.6 is 0 Å². The number of aliphatic hydroxyl groups is 1. The first kappa shape index (κ1) is 29.5. The molecule has 1 amide bonds. The third-order valence-corrected chi connectivity index (χ3v) is 5.88. The number of rotatable bonds is 12. The van der Waals surface area contributed by atoms with Gasteiger partial charge in [-0.2, -0.15) is 8.78 Å². The number of ether oxygens (including phenoxy) is 2. The van der Waals surface area contributed by atoms with E-state index in [2.05, 4.69) is 10.6 Å².